The number of hydrogen-bond donors (Lipinski definition) is 2. The maximum atomic E-state index is 15.1. The number of benzene rings is 1. The van der Waals surface area contributed by atoms with Gasteiger partial charge in [-0.15, -0.1) is 0 Å². The van der Waals surface area contributed by atoms with Crippen LogP contribution in [0.1, 0.15) is 58.7 Å². The lowest BCUT2D eigenvalue weighted by Crippen LogP contribution is -2.36. The second-order valence-corrected chi connectivity index (χ2v) is 10.5. The summed E-state index contributed by atoms with van der Waals surface area (Å²) in [6.45, 7) is -1.00. The number of rotatable bonds is 6. The highest BCUT2D eigenvalue weighted by molar-refractivity contribution is 9.10. The number of nitrogens with one attached hydrogen (secondary N) is 1. The van der Waals surface area contributed by atoms with E-state index in [0.29, 0.717) is 10.7 Å². The van der Waals surface area contributed by atoms with Gasteiger partial charge in [0.15, 0.2) is 11.4 Å². The van der Waals surface area contributed by atoms with Crippen LogP contribution in [-0.4, -0.2) is 20.7 Å². The first-order valence-corrected chi connectivity index (χ1v) is 12.7. The van der Waals surface area contributed by atoms with Gasteiger partial charge in [-0.1, -0.05) is 0 Å². The van der Waals surface area contributed by atoms with Crippen LogP contribution < -0.4 is 11.1 Å². The Bertz CT molecular complexity index is 1540. The lowest BCUT2D eigenvalue weighted by Gasteiger charge is -2.34. The van der Waals surface area contributed by atoms with E-state index >= 15 is 8.78 Å². The molecule has 1 fully saturated rings. The van der Waals surface area contributed by atoms with Crippen molar-refractivity contribution >= 4 is 27.5 Å². The predicted octanol–water partition coefficient (Wildman–Crippen LogP) is 5.49. The van der Waals surface area contributed by atoms with Crippen LogP contribution in [0.2, 0.25) is 0 Å². The molecule has 210 valence electrons. The van der Waals surface area contributed by atoms with Gasteiger partial charge in [-0.05, 0) is 64.9 Å². The molecule has 2 aliphatic carbocycles. The topological polar surface area (TPSA) is 110 Å². The van der Waals surface area contributed by atoms with Crippen LogP contribution in [0.3, 0.4) is 0 Å². The summed E-state index contributed by atoms with van der Waals surface area (Å²) >= 11 is 3.22. The third-order valence-corrected chi connectivity index (χ3v) is 7.78. The molecule has 40 heavy (non-hydrogen) atoms. The molecule has 0 spiro atoms. The van der Waals surface area contributed by atoms with E-state index in [0.717, 1.165) is 12.1 Å². The van der Waals surface area contributed by atoms with Crippen molar-refractivity contribution < 1.29 is 35.5 Å². The average molecular weight is 631 g/mol. The summed E-state index contributed by atoms with van der Waals surface area (Å²) in [5, 5.41) is 15.2. The van der Waals surface area contributed by atoms with Crippen LogP contribution >= 0.6 is 15.9 Å². The van der Waals surface area contributed by atoms with E-state index in [4.69, 9.17) is 5.73 Å². The number of nitriles is 1. The Morgan fingerprint density at radius 2 is 1.90 bits per heavy atom. The first-order chi connectivity index (χ1) is 18.7. The van der Waals surface area contributed by atoms with Gasteiger partial charge in [0.1, 0.15) is 29.9 Å². The van der Waals surface area contributed by atoms with Crippen molar-refractivity contribution in [2.45, 2.75) is 49.9 Å². The first-order valence-electron chi connectivity index (χ1n) is 11.9. The molecule has 2 aromatic heterocycles. The van der Waals surface area contributed by atoms with Crippen molar-refractivity contribution in [2.75, 3.05) is 5.73 Å². The smallest absolute Gasteiger partial charge is 0.396 e. The van der Waals surface area contributed by atoms with E-state index in [-0.39, 0.29) is 46.4 Å². The quantitative estimate of drug-likeness (QED) is 0.350. The molecule has 0 aliphatic heterocycles. The lowest BCUT2D eigenvalue weighted by molar-refractivity contribution is -0.144. The molecule has 3 N–H and O–H groups in total. The molecule has 0 unspecified atom stereocenters. The van der Waals surface area contributed by atoms with Crippen LogP contribution in [0.25, 0.3) is 0 Å². The zero-order valence-electron chi connectivity index (χ0n) is 20.2. The summed E-state index contributed by atoms with van der Waals surface area (Å²) in [6.07, 6.45) is -5.10. The lowest BCUT2D eigenvalue weighted by atomic mass is 9.73. The zero-order chi connectivity index (χ0) is 29.1. The van der Waals surface area contributed by atoms with Crippen molar-refractivity contribution in [3.8, 4) is 6.07 Å². The van der Waals surface area contributed by atoms with Gasteiger partial charge in [-0.3, -0.25) is 9.48 Å². The van der Waals surface area contributed by atoms with E-state index in [2.05, 4.69) is 31.3 Å². The summed E-state index contributed by atoms with van der Waals surface area (Å²) in [6, 6.07) is 4.49. The Kier molecular flexibility index (Phi) is 6.80. The number of halogens is 8. The van der Waals surface area contributed by atoms with Gasteiger partial charge in [0.05, 0.1) is 17.4 Å². The highest BCUT2D eigenvalue weighted by Crippen LogP contribution is 2.63. The molecule has 1 aromatic carbocycles. The molecule has 0 bridgehead atoms. The first kappa shape index (κ1) is 27.9. The van der Waals surface area contributed by atoms with Gasteiger partial charge in [0.2, 0.25) is 5.91 Å². The number of amides is 1. The number of carbonyl (C=O) groups is 1. The minimum absolute atomic E-state index is 0.00817. The summed E-state index contributed by atoms with van der Waals surface area (Å²) in [5.41, 5.74) is 2.62. The van der Waals surface area contributed by atoms with Crippen molar-refractivity contribution in [1.82, 2.24) is 20.1 Å². The Hall–Kier alpha value is -3.67. The zero-order valence-corrected chi connectivity index (χ0v) is 21.8. The molecule has 3 atom stereocenters. The summed E-state index contributed by atoms with van der Waals surface area (Å²) in [5.74, 6) is -8.77. The molecule has 7 nitrogen and oxygen atoms in total. The average Bonchev–Trinajstić information content (AvgIpc) is 3.23. The van der Waals surface area contributed by atoms with E-state index in [1.165, 1.54) is 6.07 Å². The molecule has 3 aromatic rings. The molecule has 1 saturated carbocycles. The second kappa shape index (κ2) is 9.76. The number of nitrogen functional groups attached to an aromatic ring is 1. The van der Waals surface area contributed by atoms with Gasteiger partial charge in [0.25, 0.3) is 5.92 Å². The number of hydrogen-bond acceptors (Lipinski definition) is 5. The normalized spacial score (nSPS) is 19.8. The molecule has 2 aliphatic rings. The van der Waals surface area contributed by atoms with Crippen molar-refractivity contribution in [3.05, 3.63) is 74.3 Å². The highest BCUT2D eigenvalue weighted by Gasteiger charge is 2.63. The predicted molar refractivity (Wildman–Crippen MR) is 129 cm³/mol. The van der Waals surface area contributed by atoms with Crippen molar-refractivity contribution in [2.24, 2.45) is 5.92 Å². The van der Waals surface area contributed by atoms with Crippen LogP contribution in [0.5, 0.6) is 0 Å². The number of aromatic nitrogens is 3. The van der Waals surface area contributed by atoms with Crippen molar-refractivity contribution in [1.29, 1.82) is 5.26 Å². The Labute approximate surface area is 230 Å². The number of pyridine rings is 1. The monoisotopic (exact) mass is 630 g/mol. The van der Waals surface area contributed by atoms with E-state index in [1.54, 1.807) is 6.07 Å². The van der Waals surface area contributed by atoms with E-state index < -0.39 is 71.0 Å². The molecule has 15 heteroatoms. The SMILES string of the molecule is N#Cc1nc([C@H](Cc2cc(F)cc(F)c2)NC(=O)Cn2nc(C(F)(F)F)c3c2C(F)(F)[C@@H]2CC[C@H]32)c(Br)cc1N. The summed E-state index contributed by atoms with van der Waals surface area (Å²) in [4.78, 5) is 17.2. The number of nitrogens with zero attached hydrogens (tertiary/aromatic N) is 4. The summed E-state index contributed by atoms with van der Waals surface area (Å²) < 4.78 is 99.7. The number of alkyl halides is 5. The number of carbonyl (C=O) groups excluding carboxylic acids is 1. The second-order valence-electron chi connectivity index (χ2n) is 9.69. The fourth-order valence-electron chi connectivity index (χ4n) is 5.37. The van der Waals surface area contributed by atoms with Gasteiger partial charge >= 0.3 is 6.18 Å². The van der Waals surface area contributed by atoms with Gasteiger partial charge in [0, 0.05) is 22.0 Å². The largest absolute Gasteiger partial charge is 0.435 e. The fraction of sp³-hybridized carbons (Fsp3) is 0.360. The van der Waals surface area contributed by atoms with Crippen LogP contribution in [0.4, 0.5) is 36.4 Å². The van der Waals surface area contributed by atoms with Gasteiger partial charge < -0.3 is 11.1 Å². The third-order valence-electron chi connectivity index (χ3n) is 7.14. The third kappa shape index (κ3) is 4.78. The Balaban J connectivity index is 1.50. The number of nitrogens with two attached hydrogens (primary N) is 1. The Morgan fingerprint density at radius 3 is 2.48 bits per heavy atom. The highest BCUT2D eigenvalue weighted by atomic mass is 79.9. The maximum Gasteiger partial charge on any atom is 0.435 e. The molecule has 0 saturated heterocycles. The standard InChI is InChI=1S/C25H18BrF7N6O/c26-15-7-16(35)18(8-34)37-21(15)17(5-10-3-11(27)6-12(28)4-10)36-19(40)9-39-23-20(22(38-39)25(31,32)33)13-1-2-14(13)24(23,29)30/h3-4,6-7,13-14,17H,1-2,5,9,35H2,(H,36,40)/t13-,14+,17-/m0/s1. The number of anilines is 1. The minimum atomic E-state index is -5.01. The minimum Gasteiger partial charge on any atom is -0.396 e. The molecule has 5 rings (SSSR count). The number of fused-ring (bicyclic) bond motifs is 3. The van der Waals surface area contributed by atoms with Gasteiger partial charge in [-0.2, -0.15) is 32.3 Å². The molecule has 1 amide bonds. The van der Waals surface area contributed by atoms with Crippen LogP contribution in [-0.2, 0) is 29.9 Å². The van der Waals surface area contributed by atoms with Crippen LogP contribution in [0, 0.1) is 28.9 Å². The molecule has 0 radical (unpaired) electrons. The molecular formula is C25H18BrF7N6O. The fourth-order valence-corrected chi connectivity index (χ4v) is 5.98. The molecule has 2 heterocycles. The molecular weight excluding hydrogens is 613 g/mol. The Morgan fingerprint density at radius 1 is 1.23 bits per heavy atom. The summed E-state index contributed by atoms with van der Waals surface area (Å²) in [7, 11) is 0. The maximum absolute atomic E-state index is 15.1. The van der Waals surface area contributed by atoms with Crippen molar-refractivity contribution in [3.63, 3.8) is 0 Å². The van der Waals surface area contributed by atoms with Crippen LogP contribution in [0.15, 0.2) is 28.7 Å². The van der Waals surface area contributed by atoms with E-state index in [1.807, 2.05) is 0 Å². The van der Waals surface area contributed by atoms with E-state index in [9.17, 15) is 32.0 Å². The van der Waals surface area contributed by atoms with Gasteiger partial charge in [-0.25, -0.2) is 13.8 Å².